The summed E-state index contributed by atoms with van der Waals surface area (Å²) in [7, 11) is -18.4. The average molecular weight is 697 g/mol. The molecule has 39 heavy (non-hydrogen) atoms. The molecule has 2 aromatic rings. The summed E-state index contributed by atoms with van der Waals surface area (Å²) in [5.41, 5.74) is 3.97. The molecule has 0 aromatic heterocycles. The zero-order valence-corrected chi connectivity index (χ0v) is 27.5. The maximum Gasteiger partial charge on any atom is 1.00 e. The molecule has 0 aliphatic heterocycles. The molecule has 0 heterocycles. The quantitative estimate of drug-likeness (QED) is 0.0576. The fraction of sp³-hybridized carbons (Fsp3) is 0.0769. The van der Waals surface area contributed by atoms with Gasteiger partial charge in [-0.1, -0.05) is 7.43 Å². The first-order valence-electron chi connectivity index (χ1n) is 7.42. The molecule has 0 radical (unpaired) electrons. The number of nitrogens with two attached hydrogens (primary N) is 1. The maximum atomic E-state index is 10.7. The number of halogens is 2. The van der Waals surface area contributed by atoms with E-state index in [1.54, 1.807) is 0 Å². The molecule has 212 valence electrons. The van der Waals surface area contributed by atoms with Gasteiger partial charge in [0.15, 0.2) is 4.98 Å². The topological polar surface area (TPSA) is 327 Å². The van der Waals surface area contributed by atoms with Gasteiger partial charge in [-0.25, -0.2) is 8.42 Å². The summed E-state index contributed by atoms with van der Waals surface area (Å²) >= 11 is 0. The summed E-state index contributed by atoms with van der Waals surface area (Å²) < 4.78 is 122. The van der Waals surface area contributed by atoms with Crippen molar-refractivity contribution in [2.24, 2.45) is 5.34 Å². The summed E-state index contributed by atoms with van der Waals surface area (Å²) in [5.74, 6) is 0. The zero-order valence-electron chi connectivity index (χ0n) is 18.6. The van der Waals surface area contributed by atoms with Crippen molar-refractivity contribution in [1.29, 1.82) is 5.39 Å². The Bertz CT molecular complexity index is 1570. The molecule has 0 atom stereocenters. The summed E-state index contributed by atoms with van der Waals surface area (Å²) in [4.78, 5) is 7.72. The number of nitrogens with zero attached hydrogens (tertiary/aromatic N) is 3. The summed E-state index contributed by atoms with van der Waals surface area (Å²) in [6.07, 6.45) is 0. The van der Waals surface area contributed by atoms with E-state index in [0.717, 1.165) is 23.5 Å². The average Bonchev–Trinajstić information content (AvgIpc) is 2.65. The van der Waals surface area contributed by atoms with Crippen LogP contribution in [0.15, 0.2) is 61.3 Å². The van der Waals surface area contributed by atoms with Gasteiger partial charge in [0.1, 0.15) is 24.8 Å². The minimum absolute atomic E-state index is 0. The summed E-state index contributed by atoms with van der Waals surface area (Å²) in [5, 5.41) is 17.4. The van der Waals surface area contributed by atoms with Gasteiger partial charge in [0.05, 0.1) is 16.6 Å². The van der Waals surface area contributed by atoms with Gasteiger partial charge in [0.2, 0.25) is 5.39 Å². The van der Waals surface area contributed by atoms with Crippen molar-refractivity contribution < 1.29 is 123 Å². The molecule has 0 saturated heterocycles. The molecule has 0 unspecified atom stereocenters. The van der Waals surface area contributed by atoms with E-state index < -0.39 is 71.4 Å². The van der Waals surface area contributed by atoms with Crippen molar-refractivity contribution in [2.75, 3.05) is 5.73 Å². The van der Waals surface area contributed by atoms with E-state index in [9.17, 15) is 38.2 Å². The number of benzene rings is 2. The van der Waals surface area contributed by atoms with Gasteiger partial charge in [-0.15, -0.1) is 17.7 Å². The van der Waals surface area contributed by atoms with Gasteiger partial charge in [0.25, 0.3) is 30.4 Å². The zero-order chi connectivity index (χ0) is 27.1. The van der Waals surface area contributed by atoms with Crippen molar-refractivity contribution in [2.45, 2.75) is 27.0 Å². The van der Waals surface area contributed by atoms with Crippen LogP contribution in [0, 0.1) is 15.5 Å². The van der Waals surface area contributed by atoms with Crippen molar-refractivity contribution in [3.05, 3.63) is 51.5 Å². The molecule has 0 aliphatic carbocycles. The second-order valence-electron chi connectivity index (χ2n) is 5.38. The Morgan fingerprint density at radius 2 is 1.13 bits per heavy atom. The molecule has 0 spiro atoms. The Kier molecular flexibility index (Phi) is 26.5. The van der Waals surface area contributed by atoms with Crippen LogP contribution in [0.1, 0.15) is 7.43 Å². The van der Waals surface area contributed by atoms with Gasteiger partial charge in [-0.05, 0) is 30.3 Å². The molecule has 0 aliphatic rings. The summed E-state index contributed by atoms with van der Waals surface area (Å²) in [6.45, 7) is 0. The number of hydrogen-bond donors (Lipinski definition) is 4. The van der Waals surface area contributed by atoms with Crippen molar-refractivity contribution in [3.63, 3.8) is 0 Å². The first-order chi connectivity index (χ1) is 15.2. The molecule has 5 N–H and O–H groups in total. The van der Waals surface area contributed by atoms with Crippen molar-refractivity contribution in [1.82, 2.24) is 0 Å². The molecule has 0 amide bonds. The van der Waals surface area contributed by atoms with Crippen LogP contribution in [0.25, 0.3) is 4.98 Å². The molecule has 0 saturated carbocycles. The van der Waals surface area contributed by atoms with Gasteiger partial charge >= 0.3 is 64.8 Å². The smallest absolute Gasteiger partial charge is 1.00 e. The minimum Gasteiger partial charge on any atom is -1.00 e. The third-order valence-electron chi connectivity index (χ3n) is 3.16. The summed E-state index contributed by atoms with van der Waals surface area (Å²) in [6, 6.07) is 4.22. The van der Waals surface area contributed by atoms with Crippen LogP contribution in [-0.4, -0.2) is 51.9 Å². The van der Waals surface area contributed by atoms with E-state index in [2.05, 4.69) is 4.98 Å². The van der Waals surface area contributed by atoms with Crippen LogP contribution in [0.3, 0.4) is 0 Å². The van der Waals surface area contributed by atoms with E-state index >= 15 is 0 Å². The molecule has 18 nitrogen and oxygen atoms in total. The predicted octanol–water partition coefficient (Wildman–Crippen LogP) is -7.60. The Morgan fingerprint density at radius 1 is 0.795 bits per heavy atom. The number of rotatable bonds is 4. The fourth-order valence-electron chi connectivity index (χ4n) is 1.87. The van der Waals surface area contributed by atoms with Gasteiger partial charge in [-0.2, -0.15) is 25.3 Å². The standard InChI is InChI=1S/C6H4N2O6S2.C6H7NO6S2.CH4.2ClH.HNO2.2Na/c7-8-5-3-4(15(9,10)11)1-2-6(5)16(12,13)14;7-5-3-4(14(8,9)10)1-2-6(5)15(11,12)13;;;;2-1-3;;/h1-3H,(H-,9,10,11,12,13,14);1-3H,7H2,(H,8,9,10)(H,11,12,13);1H4;2*1H;(H,2,3);;/q;;;;;;2*+1/p-2. The first kappa shape index (κ1) is 51.1. The van der Waals surface area contributed by atoms with E-state index in [-0.39, 0.29) is 91.4 Å². The van der Waals surface area contributed by atoms with Crippen LogP contribution in [0.4, 0.5) is 11.4 Å². The fourth-order valence-corrected chi connectivity index (χ4v) is 4.07. The number of hydrogen-bond acceptors (Lipinski definition) is 14. The number of anilines is 1. The van der Waals surface area contributed by atoms with Gasteiger partial charge < -0.3 is 32.8 Å². The van der Waals surface area contributed by atoms with Crippen LogP contribution in [0.5, 0.6) is 0 Å². The number of nitrogen functional groups attached to an aromatic ring is 1. The molecule has 0 bridgehead atoms. The third kappa shape index (κ3) is 17.6. The van der Waals surface area contributed by atoms with Crippen LogP contribution in [-0.2, 0) is 40.5 Å². The number of diazo groups is 1. The molecule has 2 rings (SSSR count). The Balaban J connectivity index is -0.000000114. The monoisotopic (exact) mass is 696 g/mol. The molecule has 0 fully saturated rings. The molecule has 26 heteroatoms. The first-order valence-corrected chi connectivity index (χ1v) is 13.1. The van der Waals surface area contributed by atoms with Crippen LogP contribution in [0.2, 0.25) is 0 Å². The largest absolute Gasteiger partial charge is 1.00 e. The van der Waals surface area contributed by atoms with Crippen LogP contribution >= 0.6 is 12.4 Å². The maximum absolute atomic E-state index is 10.7. The van der Waals surface area contributed by atoms with Gasteiger partial charge in [-0.3, -0.25) is 13.7 Å². The molecule has 2 aromatic carbocycles. The molecular formula is C13H16Cl2N4Na2O14S4. The Morgan fingerprint density at radius 3 is 1.38 bits per heavy atom. The second-order valence-corrected chi connectivity index (χ2v) is 11.0. The predicted molar refractivity (Wildman–Crippen MR) is 123 cm³/mol. The van der Waals surface area contributed by atoms with E-state index in [4.69, 9.17) is 34.9 Å². The molecular weight excluding hydrogens is 681 g/mol. The van der Waals surface area contributed by atoms with Crippen molar-refractivity contribution >= 4 is 64.3 Å². The minimum atomic E-state index is -4.89. The SMILES string of the molecule is C.Cl.N#[N+]c1cc(S(=O)(=O)O)ccc1S(=O)(=O)[O-].Nc1cc(S(=O)(=O)O)ccc1S(=O)(=O)O.O=N[O-].[Cl-].[Na+].[Na+]. The third-order valence-corrected chi connectivity index (χ3v) is 6.67. The van der Waals surface area contributed by atoms with E-state index in [1.807, 2.05) is 0 Å². The van der Waals surface area contributed by atoms with Crippen molar-refractivity contribution in [3.8, 4) is 0 Å². The Labute approximate surface area is 279 Å². The van der Waals surface area contributed by atoms with E-state index in [0.29, 0.717) is 18.2 Å². The van der Waals surface area contributed by atoms with Crippen LogP contribution < -0.4 is 77.3 Å². The van der Waals surface area contributed by atoms with Gasteiger partial charge in [0, 0.05) is 0 Å². The Hall–Kier alpha value is -0.720. The second kappa shape index (κ2) is 20.2. The van der Waals surface area contributed by atoms with E-state index in [1.165, 1.54) is 0 Å². The normalized spacial score (nSPS) is 10.1.